The van der Waals surface area contributed by atoms with E-state index in [0.29, 0.717) is 5.56 Å². The minimum atomic E-state index is -1.73. The van der Waals surface area contributed by atoms with Crippen LogP contribution < -0.4 is 0 Å². The predicted octanol–water partition coefficient (Wildman–Crippen LogP) is 1.89. The maximum absolute atomic E-state index is 12.8. The summed E-state index contributed by atoms with van der Waals surface area (Å²) in [5, 5.41) is 20.4. The fraction of sp³-hybridized carbons (Fsp3) is 0.381. The molecule has 150 valence electrons. The lowest BCUT2D eigenvalue weighted by Gasteiger charge is -2.43. The number of ether oxygens (including phenoxy) is 2. The Labute approximate surface area is 163 Å². The van der Waals surface area contributed by atoms with Crippen molar-refractivity contribution in [1.29, 1.82) is 0 Å². The molecular formula is C21H24O7. The van der Waals surface area contributed by atoms with Crippen LogP contribution in [0.25, 0.3) is 0 Å². The van der Waals surface area contributed by atoms with Crippen LogP contribution in [0.4, 0.5) is 0 Å². The predicted molar refractivity (Wildman–Crippen MR) is 100 cm³/mol. The van der Waals surface area contributed by atoms with Crippen LogP contribution in [0, 0.1) is 11.8 Å². The van der Waals surface area contributed by atoms with Gasteiger partial charge in [0.25, 0.3) is 0 Å². The lowest BCUT2D eigenvalue weighted by molar-refractivity contribution is -0.171. The fourth-order valence-corrected chi connectivity index (χ4v) is 3.57. The number of benzene rings is 1. The second-order valence-electron chi connectivity index (χ2n) is 6.91. The molecule has 0 saturated heterocycles. The van der Waals surface area contributed by atoms with Gasteiger partial charge in [-0.3, -0.25) is 14.4 Å². The monoisotopic (exact) mass is 388 g/mol. The summed E-state index contributed by atoms with van der Waals surface area (Å²) in [6.07, 6.45) is 2.35. The Kier molecular flexibility index (Phi) is 6.75. The second-order valence-corrected chi connectivity index (χ2v) is 6.91. The van der Waals surface area contributed by atoms with Gasteiger partial charge in [0.15, 0.2) is 5.78 Å². The summed E-state index contributed by atoms with van der Waals surface area (Å²) < 4.78 is 10.2. The molecule has 28 heavy (non-hydrogen) atoms. The molecule has 7 heteroatoms. The van der Waals surface area contributed by atoms with Gasteiger partial charge in [0, 0.05) is 12.3 Å². The number of ketones is 1. The third-order valence-electron chi connectivity index (χ3n) is 4.74. The molecule has 1 aliphatic carbocycles. The second kappa shape index (κ2) is 8.84. The summed E-state index contributed by atoms with van der Waals surface area (Å²) in [7, 11) is 0. The Morgan fingerprint density at radius 1 is 1.14 bits per heavy atom. The summed E-state index contributed by atoms with van der Waals surface area (Å²) >= 11 is 0. The summed E-state index contributed by atoms with van der Waals surface area (Å²) in [6, 6.07) is 5.75. The largest absolute Gasteiger partial charge is 0.508 e. The zero-order valence-electron chi connectivity index (χ0n) is 15.7. The highest BCUT2D eigenvalue weighted by Gasteiger charge is 2.57. The van der Waals surface area contributed by atoms with Crippen LogP contribution in [0.2, 0.25) is 0 Å². The molecule has 1 fully saturated rings. The van der Waals surface area contributed by atoms with E-state index >= 15 is 0 Å². The molecule has 0 aliphatic heterocycles. The van der Waals surface area contributed by atoms with Gasteiger partial charge in [0.05, 0.1) is 11.5 Å². The molecule has 1 saturated carbocycles. The zero-order chi connectivity index (χ0) is 20.9. The molecule has 7 nitrogen and oxygen atoms in total. The van der Waals surface area contributed by atoms with Gasteiger partial charge in [-0.25, -0.2) is 0 Å². The van der Waals surface area contributed by atoms with Crippen LogP contribution in [0.1, 0.15) is 24.8 Å². The minimum Gasteiger partial charge on any atom is -0.508 e. The van der Waals surface area contributed by atoms with Crippen LogP contribution in [0.5, 0.6) is 5.75 Å². The lowest BCUT2D eigenvalue weighted by Crippen LogP contribution is -2.55. The van der Waals surface area contributed by atoms with E-state index in [1.165, 1.54) is 43.3 Å². The molecule has 0 radical (unpaired) electrons. The smallest absolute Gasteiger partial charge is 0.317 e. The Morgan fingerprint density at radius 2 is 1.68 bits per heavy atom. The number of esters is 2. The lowest BCUT2D eigenvalue weighted by atomic mass is 9.61. The van der Waals surface area contributed by atoms with Gasteiger partial charge in [0.2, 0.25) is 0 Å². The SMILES string of the molecule is C=CCOC(=O)[C@@H]1C(=O)C[C@](C)(O)[C@@H](C(=O)OCC=C)[C@@H]1c1ccc(O)cc1. The van der Waals surface area contributed by atoms with E-state index in [4.69, 9.17) is 9.47 Å². The highest BCUT2D eigenvalue weighted by atomic mass is 16.5. The molecule has 1 aromatic carbocycles. The molecule has 0 heterocycles. The van der Waals surface area contributed by atoms with Crippen molar-refractivity contribution < 1.29 is 34.1 Å². The molecule has 0 amide bonds. The minimum absolute atomic E-state index is 0.0192. The van der Waals surface area contributed by atoms with Crippen molar-refractivity contribution in [2.24, 2.45) is 11.8 Å². The van der Waals surface area contributed by atoms with E-state index in [1.54, 1.807) is 0 Å². The average Bonchev–Trinajstić information content (AvgIpc) is 2.63. The Morgan fingerprint density at radius 3 is 2.21 bits per heavy atom. The topological polar surface area (TPSA) is 110 Å². The van der Waals surface area contributed by atoms with Crippen molar-refractivity contribution in [2.45, 2.75) is 24.9 Å². The quantitative estimate of drug-likeness (QED) is 0.417. The Balaban J connectivity index is 2.56. The third-order valence-corrected chi connectivity index (χ3v) is 4.74. The maximum Gasteiger partial charge on any atom is 0.317 e. The molecule has 0 bridgehead atoms. The van der Waals surface area contributed by atoms with Gasteiger partial charge < -0.3 is 19.7 Å². The molecule has 0 aromatic heterocycles. The van der Waals surface area contributed by atoms with Gasteiger partial charge in [-0.2, -0.15) is 0 Å². The molecule has 0 spiro atoms. The summed E-state index contributed by atoms with van der Waals surface area (Å²) in [4.78, 5) is 38.1. The van der Waals surface area contributed by atoms with Crippen LogP contribution in [0.3, 0.4) is 0 Å². The van der Waals surface area contributed by atoms with Crippen molar-refractivity contribution in [1.82, 2.24) is 0 Å². The van der Waals surface area contributed by atoms with Crippen LogP contribution >= 0.6 is 0 Å². The highest BCUT2D eigenvalue weighted by molar-refractivity contribution is 6.02. The summed E-state index contributed by atoms with van der Waals surface area (Å²) in [6.45, 7) is 8.15. The van der Waals surface area contributed by atoms with E-state index in [0.717, 1.165) is 0 Å². The van der Waals surface area contributed by atoms with E-state index in [2.05, 4.69) is 13.2 Å². The molecule has 2 N–H and O–H groups in total. The van der Waals surface area contributed by atoms with E-state index < -0.39 is 47.5 Å². The van der Waals surface area contributed by atoms with Crippen molar-refractivity contribution in [3.63, 3.8) is 0 Å². The fourth-order valence-electron chi connectivity index (χ4n) is 3.57. The van der Waals surface area contributed by atoms with Crippen LogP contribution in [-0.4, -0.2) is 46.7 Å². The van der Waals surface area contributed by atoms with Gasteiger partial charge in [-0.15, -0.1) is 0 Å². The van der Waals surface area contributed by atoms with Crippen molar-refractivity contribution in [3.05, 3.63) is 55.1 Å². The molecule has 0 unspecified atom stereocenters. The highest BCUT2D eigenvalue weighted by Crippen LogP contribution is 2.46. The Bertz CT molecular complexity index is 763. The van der Waals surface area contributed by atoms with Crippen LogP contribution in [-0.2, 0) is 23.9 Å². The zero-order valence-corrected chi connectivity index (χ0v) is 15.7. The van der Waals surface area contributed by atoms with Gasteiger partial charge >= 0.3 is 11.9 Å². The summed E-state index contributed by atoms with van der Waals surface area (Å²) in [5.41, 5.74) is -1.31. The van der Waals surface area contributed by atoms with Crippen LogP contribution in [0.15, 0.2) is 49.6 Å². The van der Waals surface area contributed by atoms with Gasteiger partial charge in [-0.1, -0.05) is 37.4 Å². The molecular weight excluding hydrogens is 364 g/mol. The number of hydrogen-bond acceptors (Lipinski definition) is 7. The average molecular weight is 388 g/mol. The first-order chi connectivity index (χ1) is 13.2. The van der Waals surface area contributed by atoms with Gasteiger partial charge in [0.1, 0.15) is 24.9 Å². The number of phenols is 1. The van der Waals surface area contributed by atoms with E-state index in [-0.39, 0.29) is 19.0 Å². The number of Topliss-reactive ketones (excluding diaryl/α,β-unsaturated/α-hetero) is 1. The number of aromatic hydroxyl groups is 1. The first kappa shape index (κ1) is 21.4. The third kappa shape index (κ3) is 4.48. The molecule has 4 atom stereocenters. The number of carbonyl (C=O) groups excluding carboxylic acids is 3. The van der Waals surface area contributed by atoms with Crippen molar-refractivity contribution >= 4 is 17.7 Å². The van der Waals surface area contributed by atoms with Gasteiger partial charge in [-0.05, 0) is 24.6 Å². The van der Waals surface area contributed by atoms with E-state index in [1.807, 2.05) is 0 Å². The molecule has 2 rings (SSSR count). The standard InChI is InChI=1S/C21H24O7/c1-4-10-27-19(24)17-15(23)12-21(3,26)18(20(25)28-11-5-2)16(17)13-6-8-14(22)9-7-13/h4-9,16-18,22,26H,1-2,10-12H2,3H3/t16-,17-,18-,21+/m1/s1. The summed E-state index contributed by atoms with van der Waals surface area (Å²) in [5.74, 6) is -5.63. The molecule has 1 aliphatic rings. The number of aliphatic hydroxyl groups is 1. The Hall–Kier alpha value is -2.93. The number of carbonyl (C=O) groups is 3. The number of phenolic OH excluding ortho intramolecular Hbond substituents is 1. The normalized spacial score (nSPS) is 26.9. The first-order valence-electron chi connectivity index (χ1n) is 8.82. The first-order valence-corrected chi connectivity index (χ1v) is 8.82. The number of rotatable bonds is 7. The van der Waals surface area contributed by atoms with Crippen molar-refractivity contribution in [3.8, 4) is 5.75 Å². The maximum atomic E-state index is 12.8. The molecule has 1 aromatic rings. The van der Waals surface area contributed by atoms with E-state index in [9.17, 15) is 24.6 Å². The number of hydrogen-bond donors (Lipinski definition) is 2. The van der Waals surface area contributed by atoms with Crippen molar-refractivity contribution in [2.75, 3.05) is 13.2 Å².